The van der Waals surface area contributed by atoms with Crippen molar-refractivity contribution in [2.75, 3.05) is 18.0 Å². The highest BCUT2D eigenvalue weighted by atomic mass is 32.1. The minimum atomic E-state index is 0.666. The van der Waals surface area contributed by atoms with Gasteiger partial charge in [0.05, 0.1) is 5.39 Å². The first kappa shape index (κ1) is 13.6. The molecule has 0 aromatic carbocycles. The molecule has 1 saturated heterocycles. The molecule has 114 valence electrons. The Labute approximate surface area is 132 Å². The second-order valence-corrected chi connectivity index (χ2v) is 7.06. The van der Waals surface area contributed by atoms with Crippen LogP contribution in [0.25, 0.3) is 10.2 Å². The topological polar surface area (TPSA) is 59.7 Å². The summed E-state index contributed by atoms with van der Waals surface area (Å²) in [7, 11) is 0. The van der Waals surface area contributed by atoms with Gasteiger partial charge in [0, 0.05) is 24.5 Å². The minimum absolute atomic E-state index is 0.666. The van der Waals surface area contributed by atoms with Crippen LogP contribution < -0.4 is 4.90 Å². The van der Waals surface area contributed by atoms with Crippen LogP contribution in [-0.2, 0) is 6.54 Å². The van der Waals surface area contributed by atoms with Gasteiger partial charge in [-0.05, 0) is 31.7 Å². The van der Waals surface area contributed by atoms with E-state index in [-0.39, 0.29) is 0 Å². The Bertz CT molecular complexity index is 758. The summed E-state index contributed by atoms with van der Waals surface area (Å²) in [5, 5.41) is 5.40. The lowest BCUT2D eigenvalue weighted by Gasteiger charge is -2.32. The molecule has 0 N–H and O–H groups in total. The molecular weight excluding hydrogens is 296 g/mol. The van der Waals surface area contributed by atoms with Crippen LogP contribution in [0.1, 0.15) is 17.7 Å². The predicted molar refractivity (Wildman–Crippen MR) is 87.1 cm³/mol. The Morgan fingerprint density at radius 2 is 2.09 bits per heavy atom. The third kappa shape index (κ3) is 2.56. The average molecular weight is 314 g/mol. The van der Waals surface area contributed by atoms with E-state index in [2.05, 4.69) is 37.9 Å². The van der Waals surface area contributed by atoms with Gasteiger partial charge in [0.1, 0.15) is 29.6 Å². The molecule has 1 fully saturated rings. The second kappa shape index (κ2) is 5.64. The monoisotopic (exact) mass is 314 g/mol. The molecule has 3 aromatic rings. The summed E-state index contributed by atoms with van der Waals surface area (Å²) in [5.41, 5.74) is 0. The molecule has 22 heavy (non-hydrogen) atoms. The number of nitrogens with zero attached hydrogens (tertiary/aromatic N) is 6. The third-order valence-electron chi connectivity index (χ3n) is 4.26. The molecule has 7 heteroatoms. The summed E-state index contributed by atoms with van der Waals surface area (Å²) in [6.07, 6.45) is 7.41. The molecule has 4 heterocycles. The maximum absolute atomic E-state index is 4.54. The van der Waals surface area contributed by atoms with Crippen molar-refractivity contribution in [3.05, 3.63) is 29.9 Å². The number of aromatic nitrogens is 5. The van der Waals surface area contributed by atoms with Crippen molar-refractivity contribution < 1.29 is 0 Å². The fourth-order valence-electron chi connectivity index (χ4n) is 3.13. The van der Waals surface area contributed by atoms with Gasteiger partial charge in [0.25, 0.3) is 0 Å². The van der Waals surface area contributed by atoms with Crippen LogP contribution >= 0.6 is 11.3 Å². The molecule has 6 nitrogen and oxygen atoms in total. The van der Waals surface area contributed by atoms with E-state index in [0.29, 0.717) is 5.92 Å². The molecular formula is C15H18N6S. The van der Waals surface area contributed by atoms with E-state index in [1.807, 2.05) is 4.68 Å². The molecule has 0 spiro atoms. The van der Waals surface area contributed by atoms with Gasteiger partial charge in [-0.2, -0.15) is 5.10 Å². The highest BCUT2D eigenvalue weighted by Crippen LogP contribution is 2.32. The Morgan fingerprint density at radius 1 is 1.23 bits per heavy atom. The molecule has 0 aliphatic carbocycles. The van der Waals surface area contributed by atoms with E-state index in [9.17, 15) is 0 Å². The number of fused-ring (bicyclic) bond motifs is 1. The summed E-state index contributed by atoms with van der Waals surface area (Å²) >= 11 is 1.74. The van der Waals surface area contributed by atoms with Crippen molar-refractivity contribution in [3.8, 4) is 0 Å². The smallest absolute Gasteiger partial charge is 0.140 e. The third-order valence-corrected chi connectivity index (χ3v) is 5.22. The fraction of sp³-hybridized carbons (Fsp3) is 0.467. The van der Waals surface area contributed by atoms with Gasteiger partial charge in [0.15, 0.2) is 0 Å². The number of piperidine rings is 1. The zero-order chi connectivity index (χ0) is 14.9. The van der Waals surface area contributed by atoms with Crippen molar-refractivity contribution in [1.29, 1.82) is 0 Å². The first-order valence-electron chi connectivity index (χ1n) is 7.58. The summed E-state index contributed by atoms with van der Waals surface area (Å²) in [5.74, 6) is 1.76. The van der Waals surface area contributed by atoms with E-state index in [1.165, 1.54) is 10.3 Å². The van der Waals surface area contributed by atoms with Gasteiger partial charge in [-0.1, -0.05) is 0 Å². The fourth-order valence-corrected chi connectivity index (χ4v) is 3.98. The quantitative estimate of drug-likeness (QED) is 0.743. The summed E-state index contributed by atoms with van der Waals surface area (Å²) in [6.45, 7) is 5.17. The molecule has 0 unspecified atom stereocenters. The van der Waals surface area contributed by atoms with Crippen LogP contribution in [0.15, 0.2) is 25.0 Å². The summed E-state index contributed by atoms with van der Waals surface area (Å²) in [4.78, 5) is 17.7. The van der Waals surface area contributed by atoms with Crippen molar-refractivity contribution in [3.63, 3.8) is 0 Å². The van der Waals surface area contributed by atoms with Crippen molar-refractivity contribution in [1.82, 2.24) is 24.7 Å². The van der Waals surface area contributed by atoms with Gasteiger partial charge >= 0.3 is 0 Å². The largest absolute Gasteiger partial charge is 0.356 e. The molecule has 3 aromatic heterocycles. The van der Waals surface area contributed by atoms with Gasteiger partial charge in [-0.3, -0.25) is 4.68 Å². The highest BCUT2D eigenvalue weighted by molar-refractivity contribution is 7.18. The summed E-state index contributed by atoms with van der Waals surface area (Å²) < 4.78 is 1.94. The highest BCUT2D eigenvalue weighted by Gasteiger charge is 2.22. The maximum atomic E-state index is 4.54. The standard InChI is InChI=1S/C15H18N6S/c1-11-6-13-14(17-9-18-15(13)22-11)20-4-2-12(3-5-20)7-21-10-16-8-19-21/h6,8-10,12H,2-5,7H2,1H3. The second-order valence-electron chi connectivity index (χ2n) is 5.82. The first-order valence-corrected chi connectivity index (χ1v) is 8.40. The molecule has 0 radical (unpaired) electrons. The van der Waals surface area contributed by atoms with E-state index in [0.717, 1.165) is 43.1 Å². The molecule has 0 saturated carbocycles. The SMILES string of the molecule is Cc1cc2c(N3CCC(Cn4cncn4)CC3)ncnc2s1. The number of anilines is 1. The lowest BCUT2D eigenvalue weighted by Crippen LogP contribution is -2.35. The first-order chi connectivity index (χ1) is 10.8. The Morgan fingerprint density at radius 3 is 2.86 bits per heavy atom. The van der Waals surface area contributed by atoms with Crippen LogP contribution in [0.3, 0.4) is 0 Å². The van der Waals surface area contributed by atoms with Crippen LogP contribution in [0, 0.1) is 12.8 Å². The Balaban J connectivity index is 1.48. The zero-order valence-corrected chi connectivity index (χ0v) is 13.3. The van der Waals surface area contributed by atoms with E-state index < -0.39 is 0 Å². The Kier molecular flexibility index (Phi) is 3.49. The van der Waals surface area contributed by atoms with Crippen LogP contribution in [-0.4, -0.2) is 37.8 Å². The van der Waals surface area contributed by atoms with Crippen molar-refractivity contribution >= 4 is 27.4 Å². The van der Waals surface area contributed by atoms with Crippen LogP contribution in [0.2, 0.25) is 0 Å². The lowest BCUT2D eigenvalue weighted by atomic mass is 9.97. The lowest BCUT2D eigenvalue weighted by molar-refractivity contribution is 0.341. The van der Waals surface area contributed by atoms with Crippen molar-refractivity contribution in [2.45, 2.75) is 26.3 Å². The van der Waals surface area contributed by atoms with Gasteiger partial charge < -0.3 is 4.90 Å². The average Bonchev–Trinajstić information content (AvgIpc) is 3.16. The van der Waals surface area contributed by atoms with E-state index in [1.54, 1.807) is 30.3 Å². The Hall–Kier alpha value is -2.02. The minimum Gasteiger partial charge on any atom is -0.356 e. The van der Waals surface area contributed by atoms with Crippen LogP contribution in [0.5, 0.6) is 0 Å². The number of aryl methyl sites for hydroxylation is 1. The van der Waals surface area contributed by atoms with Gasteiger partial charge in [-0.25, -0.2) is 15.0 Å². The van der Waals surface area contributed by atoms with E-state index >= 15 is 0 Å². The molecule has 1 aliphatic rings. The molecule has 0 atom stereocenters. The molecule has 0 bridgehead atoms. The maximum Gasteiger partial charge on any atom is 0.140 e. The van der Waals surface area contributed by atoms with Gasteiger partial charge in [0.2, 0.25) is 0 Å². The van der Waals surface area contributed by atoms with Crippen LogP contribution in [0.4, 0.5) is 5.82 Å². The molecule has 4 rings (SSSR count). The van der Waals surface area contributed by atoms with Crippen molar-refractivity contribution in [2.24, 2.45) is 5.92 Å². The normalized spacial score (nSPS) is 16.5. The summed E-state index contributed by atoms with van der Waals surface area (Å²) in [6, 6.07) is 2.21. The number of hydrogen-bond donors (Lipinski definition) is 0. The molecule has 0 amide bonds. The number of rotatable bonds is 3. The number of hydrogen-bond acceptors (Lipinski definition) is 6. The predicted octanol–water partition coefficient (Wildman–Crippen LogP) is 2.51. The van der Waals surface area contributed by atoms with Gasteiger partial charge in [-0.15, -0.1) is 11.3 Å². The molecule has 1 aliphatic heterocycles. The van der Waals surface area contributed by atoms with E-state index in [4.69, 9.17) is 0 Å². The number of thiophene rings is 1. The zero-order valence-electron chi connectivity index (χ0n) is 12.5.